The molecular weight excluding hydrogens is 407 g/mol. The fourth-order valence-electron chi connectivity index (χ4n) is 2.95. The van der Waals surface area contributed by atoms with Crippen LogP contribution in [0.1, 0.15) is 23.0 Å². The van der Waals surface area contributed by atoms with Crippen molar-refractivity contribution in [3.63, 3.8) is 0 Å². The summed E-state index contributed by atoms with van der Waals surface area (Å²) in [6, 6.07) is 12.1. The highest BCUT2D eigenvalue weighted by Gasteiger charge is 2.17. The van der Waals surface area contributed by atoms with Gasteiger partial charge in [0.2, 0.25) is 0 Å². The van der Waals surface area contributed by atoms with E-state index in [4.69, 9.17) is 11.6 Å². The fourth-order valence-corrected chi connectivity index (χ4v) is 5.16. The molecule has 2 heterocycles. The quantitative estimate of drug-likeness (QED) is 0.336. The zero-order valence-electron chi connectivity index (χ0n) is 14.8. The molecule has 1 aliphatic rings. The van der Waals surface area contributed by atoms with Crippen LogP contribution in [-0.2, 0) is 0 Å². The second-order valence-electron chi connectivity index (χ2n) is 6.19. The third-order valence-corrected chi connectivity index (χ3v) is 7.07. The van der Waals surface area contributed by atoms with Gasteiger partial charge < -0.3 is 4.90 Å². The molecular formula is C19H24Cl2N2OS2. The highest BCUT2D eigenvalue weighted by atomic mass is 35.5. The van der Waals surface area contributed by atoms with Crippen molar-refractivity contribution in [3.8, 4) is 0 Å². The monoisotopic (exact) mass is 430 g/mol. The van der Waals surface area contributed by atoms with Crippen LogP contribution in [0.5, 0.6) is 0 Å². The van der Waals surface area contributed by atoms with E-state index in [1.807, 2.05) is 36.0 Å². The lowest BCUT2D eigenvalue weighted by molar-refractivity contribution is 0.102. The number of nitrogens with zero attached hydrogens (tertiary/aromatic N) is 2. The van der Waals surface area contributed by atoms with Crippen molar-refractivity contribution in [1.29, 1.82) is 0 Å². The normalized spacial score (nSPS) is 14.9. The lowest BCUT2D eigenvalue weighted by atomic mass is 10.2. The first kappa shape index (κ1) is 21.6. The number of piperazine rings is 1. The molecule has 0 spiro atoms. The number of rotatable bonds is 7. The van der Waals surface area contributed by atoms with Gasteiger partial charge >= 0.3 is 0 Å². The van der Waals surface area contributed by atoms with Crippen LogP contribution < -0.4 is 4.90 Å². The highest BCUT2D eigenvalue weighted by molar-refractivity contribution is 8.01. The summed E-state index contributed by atoms with van der Waals surface area (Å²) >= 11 is 9.56. The number of anilines is 1. The lowest BCUT2D eigenvalue weighted by Gasteiger charge is -2.36. The molecule has 0 N–H and O–H groups in total. The molecule has 1 aromatic heterocycles. The van der Waals surface area contributed by atoms with Gasteiger partial charge in [0.25, 0.3) is 0 Å². The van der Waals surface area contributed by atoms with Gasteiger partial charge in [-0.1, -0.05) is 17.7 Å². The van der Waals surface area contributed by atoms with Crippen molar-refractivity contribution < 1.29 is 4.79 Å². The van der Waals surface area contributed by atoms with Gasteiger partial charge in [-0.05, 0) is 50.2 Å². The number of ketones is 1. The van der Waals surface area contributed by atoms with Crippen LogP contribution in [0.3, 0.4) is 0 Å². The van der Waals surface area contributed by atoms with E-state index < -0.39 is 0 Å². The molecule has 26 heavy (non-hydrogen) atoms. The molecule has 7 heteroatoms. The van der Waals surface area contributed by atoms with Crippen LogP contribution in [0.15, 0.2) is 40.6 Å². The standard InChI is InChI=1S/C19H23ClN2OS2.ClH/c1-15(23)18-6-7-19(25-18)24-13-3-8-21-9-11-22(12-10-21)17-5-2-4-16(20)14-17;/h2,4-7,14H,3,8-13H2,1H3;1H. The first-order valence-electron chi connectivity index (χ1n) is 8.58. The summed E-state index contributed by atoms with van der Waals surface area (Å²) in [4.78, 5) is 17.1. The molecule has 1 aliphatic heterocycles. The SMILES string of the molecule is CC(=O)c1ccc(SCCCN2CCN(c3cccc(Cl)c3)CC2)s1.Cl. The Morgan fingerprint density at radius 3 is 2.62 bits per heavy atom. The summed E-state index contributed by atoms with van der Waals surface area (Å²) < 4.78 is 1.25. The van der Waals surface area contributed by atoms with Crippen LogP contribution in [0.25, 0.3) is 0 Å². The maximum Gasteiger partial charge on any atom is 0.169 e. The number of benzene rings is 1. The summed E-state index contributed by atoms with van der Waals surface area (Å²) in [6.45, 7) is 7.08. The second kappa shape index (κ2) is 10.6. The molecule has 0 atom stereocenters. The van der Waals surface area contributed by atoms with Crippen LogP contribution in [0, 0.1) is 0 Å². The Kier molecular flexibility index (Phi) is 8.77. The zero-order chi connectivity index (χ0) is 17.6. The molecule has 0 amide bonds. The second-order valence-corrected chi connectivity index (χ2v) is 9.10. The maximum atomic E-state index is 11.3. The number of halogens is 2. The zero-order valence-corrected chi connectivity index (χ0v) is 18.0. The first-order chi connectivity index (χ1) is 12.1. The molecule has 3 rings (SSSR count). The van der Waals surface area contributed by atoms with E-state index >= 15 is 0 Å². The van der Waals surface area contributed by atoms with Gasteiger partial charge in [0.1, 0.15) is 0 Å². The molecule has 0 saturated carbocycles. The summed E-state index contributed by atoms with van der Waals surface area (Å²) in [5.74, 6) is 1.27. The van der Waals surface area contributed by atoms with Gasteiger partial charge in [0.15, 0.2) is 5.78 Å². The van der Waals surface area contributed by atoms with Crippen molar-refractivity contribution in [2.45, 2.75) is 17.6 Å². The van der Waals surface area contributed by atoms with E-state index in [-0.39, 0.29) is 18.2 Å². The Morgan fingerprint density at radius 1 is 1.19 bits per heavy atom. The minimum Gasteiger partial charge on any atom is -0.369 e. The largest absolute Gasteiger partial charge is 0.369 e. The van der Waals surface area contributed by atoms with Crippen LogP contribution in [-0.4, -0.2) is 49.2 Å². The molecule has 2 aromatic rings. The molecule has 1 saturated heterocycles. The van der Waals surface area contributed by atoms with Gasteiger partial charge in [0, 0.05) is 42.6 Å². The molecule has 3 nitrogen and oxygen atoms in total. The van der Waals surface area contributed by atoms with Crippen molar-refractivity contribution >= 4 is 58.6 Å². The van der Waals surface area contributed by atoms with E-state index in [2.05, 4.69) is 21.9 Å². The molecule has 0 radical (unpaired) electrons. The predicted molar refractivity (Wildman–Crippen MR) is 117 cm³/mol. The number of hydrogen-bond donors (Lipinski definition) is 0. The third kappa shape index (κ3) is 6.17. The average molecular weight is 431 g/mol. The number of hydrogen-bond acceptors (Lipinski definition) is 5. The minimum absolute atomic E-state index is 0. The van der Waals surface area contributed by atoms with Gasteiger partial charge in [0.05, 0.1) is 9.09 Å². The van der Waals surface area contributed by atoms with Crippen LogP contribution >= 0.6 is 47.1 Å². The smallest absolute Gasteiger partial charge is 0.169 e. The van der Waals surface area contributed by atoms with Crippen LogP contribution in [0.4, 0.5) is 5.69 Å². The lowest BCUT2D eigenvalue weighted by Crippen LogP contribution is -2.46. The molecule has 142 valence electrons. The van der Waals surface area contributed by atoms with Crippen molar-refractivity contribution in [2.75, 3.05) is 43.4 Å². The van der Waals surface area contributed by atoms with Crippen molar-refractivity contribution in [2.24, 2.45) is 0 Å². The van der Waals surface area contributed by atoms with Gasteiger partial charge in [-0.15, -0.1) is 35.5 Å². The Bertz CT molecular complexity index is 715. The Labute approximate surface area is 175 Å². The maximum absolute atomic E-state index is 11.3. The van der Waals surface area contributed by atoms with E-state index in [0.29, 0.717) is 0 Å². The number of thioether (sulfide) groups is 1. The van der Waals surface area contributed by atoms with Crippen molar-refractivity contribution in [3.05, 3.63) is 46.3 Å². The van der Waals surface area contributed by atoms with Gasteiger partial charge in [-0.3, -0.25) is 9.69 Å². The van der Waals surface area contributed by atoms with Gasteiger partial charge in [-0.25, -0.2) is 0 Å². The molecule has 1 aromatic carbocycles. The number of Topliss-reactive ketones (excluding diaryl/α,β-unsaturated/α-hetero) is 1. The van der Waals surface area contributed by atoms with E-state index in [0.717, 1.165) is 48.4 Å². The Balaban J connectivity index is 0.00000243. The number of carbonyl (C=O) groups excluding carboxylic acids is 1. The summed E-state index contributed by atoms with van der Waals surface area (Å²) in [5.41, 5.74) is 1.22. The Hall–Kier alpha value is -0.720. The summed E-state index contributed by atoms with van der Waals surface area (Å²) in [7, 11) is 0. The predicted octanol–water partition coefficient (Wildman–Crippen LogP) is 5.33. The molecule has 0 bridgehead atoms. The van der Waals surface area contributed by atoms with E-state index in [9.17, 15) is 4.79 Å². The molecule has 0 unspecified atom stereocenters. The average Bonchev–Trinajstić information content (AvgIpc) is 3.09. The molecule has 1 fully saturated rings. The van der Waals surface area contributed by atoms with E-state index in [1.54, 1.807) is 18.3 Å². The minimum atomic E-state index is 0. The summed E-state index contributed by atoms with van der Waals surface area (Å²) in [5, 5.41) is 0.804. The number of thiophene rings is 1. The van der Waals surface area contributed by atoms with Gasteiger partial charge in [-0.2, -0.15) is 0 Å². The number of carbonyl (C=O) groups is 1. The molecule has 0 aliphatic carbocycles. The summed E-state index contributed by atoms with van der Waals surface area (Å²) in [6.07, 6.45) is 1.18. The first-order valence-corrected chi connectivity index (χ1v) is 10.8. The Morgan fingerprint density at radius 2 is 1.96 bits per heavy atom. The van der Waals surface area contributed by atoms with E-state index in [1.165, 1.54) is 16.3 Å². The topological polar surface area (TPSA) is 23.6 Å². The van der Waals surface area contributed by atoms with Crippen molar-refractivity contribution in [1.82, 2.24) is 4.90 Å². The fraction of sp³-hybridized carbons (Fsp3) is 0.421. The highest BCUT2D eigenvalue weighted by Crippen LogP contribution is 2.28. The van der Waals surface area contributed by atoms with Crippen LogP contribution in [0.2, 0.25) is 5.02 Å². The third-order valence-electron chi connectivity index (χ3n) is 4.34.